The summed E-state index contributed by atoms with van der Waals surface area (Å²) < 4.78 is 32.6. The minimum absolute atomic E-state index is 0.0154. The fraction of sp³-hybridized carbons (Fsp3) is 0.276. The Morgan fingerprint density at radius 1 is 1.10 bits per heavy atom. The molecule has 0 radical (unpaired) electrons. The Hall–Kier alpha value is -5.00. The van der Waals surface area contributed by atoms with Crippen molar-refractivity contribution in [2.45, 2.75) is 37.3 Å². The van der Waals surface area contributed by atoms with Gasteiger partial charge in [-0.1, -0.05) is 6.07 Å². The minimum atomic E-state index is -1.62. The van der Waals surface area contributed by atoms with Crippen LogP contribution < -0.4 is 19.5 Å². The van der Waals surface area contributed by atoms with Crippen LogP contribution in [0.2, 0.25) is 0 Å². The number of aliphatic carboxylic acids is 1. The number of carboxylic acid groups (broad SMARTS) is 1. The third kappa shape index (κ3) is 5.15. The van der Waals surface area contributed by atoms with Crippen molar-refractivity contribution in [1.29, 1.82) is 0 Å². The number of carbonyl (C=O) groups is 3. The topological polar surface area (TPSA) is 142 Å². The van der Waals surface area contributed by atoms with Gasteiger partial charge in [-0.25, -0.2) is 4.79 Å². The molecule has 2 heterocycles. The first-order valence-electron chi connectivity index (χ1n) is 12.8. The highest BCUT2D eigenvalue weighted by Crippen LogP contribution is 2.41. The van der Waals surface area contributed by atoms with Crippen LogP contribution in [0.1, 0.15) is 31.7 Å². The van der Waals surface area contributed by atoms with E-state index >= 15 is 0 Å². The molecule has 2 unspecified atom stereocenters. The van der Waals surface area contributed by atoms with Gasteiger partial charge >= 0.3 is 5.97 Å². The Kier molecular flexibility index (Phi) is 7.56. The van der Waals surface area contributed by atoms with Crippen LogP contribution in [0.15, 0.2) is 54.9 Å². The second-order valence-electron chi connectivity index (χ2n) is 9.67. The summed E-state index contributed by atoms with van der Waals surface area (Å²) in [5.41, 5.74) is 0.267. The summed E-state index contributed by atoms with van der Waals surface area (Å²) in [5, 5.41) is 18.0. The predicted molar refractivity (Wildman–Crippen MR) is 145 cm³/mol. The molecule has 1 fully saturated rings. The Bertz CT molecular complexity index is 1620. The molecule has 212 valence electrons. The van der Waals surface area contributed by atoms with Gasteiger partial charge in [-0.2, -0.15) is 9.49 Å². The molecule has 5 rings (SSSR count). The summed E-state index contributed by atoms with van der Waals surface area (Å²) >= 11 is 0. The van der Waals surface area contributed by atoms with Crippen molar-refractivity contribution in [2.75, 3.05) is 14.2 Å². The first-order chi connectivity index (χ1) is 19.8. The highest BCUT2D eigenvalue weighted by molar-refractivity contribution is 6.24. The minimum Gasteiger partial charge on any atom is -0.494 e. The average Bonchev–Trinajstić information content (AvgIpc) is 3.38. The molecule has 2 aromatic carbocycles. The first-order valence-corrected chi connectivity index (χ1v) is 12.8. The monoisotopic (exact) mass is 562 g/mol. The molecule has 11 nitrogen and oxygen atoms in total. The van der Waals surface area contributed by atoms with Crippen molar-refractivity contribution < 1.29 is 38.1 Å². The molecule has 0 bridgehead atoms. The molecule has 1 amide bonds. The third-order valence-electron chi connectivity index (χ3n) is 7.25. The number of carboxylic acids is 1. The maximum atomic E-state index is 14.6. The summed E-state index contributed by atoms with van der Waals surface area (Å²) in [6, 6.07) is 11.1. The van der Waals surface area contributed by atoms with Gasteiger partial charge in [0.1, 0.15) is 22.5 Å². The van der Waals surface area contributed by atoms with E-state index in [1.54, 1.807) is 47.4 Å². The average molecular weight is 563 g/mol. The molecule has 2 atom stereocenters. The second-order valence-corrected chi connectivity index (χ2v) is 9.67. The van der Waals surface area contributed by atoms with E-state index in [0.29, 0.717) is 46.5 Å². The number of pyridine rings is 1. The number of amides is 1. The van der Waals surface area contributed by atoms with E-state index in [1.165, 1.54) is 26.4 Å². The fourth-order valence-electron chi connectivity index (χ4n) is 5.30. The number of methoxy groups -OCH3 is 2. The highest BCUT2D eigenvalue weighted by Gasteiger charge is 2.45. The number of aromatic nitrogens is 3. The Morgan fingerprint density at radius 2 is 1.83 bits per heavy atom. The Balaban J connectivity index is 1.52. The number of rotatable bonds is 9. The number of benzene rings is 2. The number of carbonyl (C=O) groups excluding carboxylic acids is 2. The molecule has 12 heteroatoms. The lowest BCUT2D eigenvalue weighted by atomic mass is 9.78. The van der Waals surface area contributed by atoms with Crippen molar-refractivity contribution in [3.05, 3.63) is 60.7 Å². The maximum Gasteiger partial charge on any atom is 0.329 e. The molecule has 41 heavy (non-hydrogen) atoms. The smallest absolute Gasteiger partial charge is 0.329 e. The number of halogens is 1. The van der Waals surface area contributed by atoms with Crippen LogP contribution in [0.25, 0.3) is 22.2 Å². The molecular weight excluding hydrogens is 535 g/mol. The van der Waals surface area contributed by atoms with Gasteiger partial charge in [0.2, 0.25) is 12.1 Å². The van der Waals surface area contributed by atoms with E-state index in [-0.39, 0.29) is 30.6 Å². The van der Waals surface area contributed by atoms with Gasteiger partial charge in [0, 0.05) is 18.2 Å². The maximum absolute atomic E-state index is 14.6. The van der Waals surface area contributed by atoms with Crippen LogP contribution >= 0.6 is 0 Å². The molecule has 1 saturated carbocycles. The van der Waals surface area contributed by atoms with Crippen LogP contribution in [0.4, 0.5) is 4.39 Å². The number of ether oxygens (including phenoxy) is 3. The molecule has 0 saturated heterocycles. The number of nitrogens with zero attached hydrogens (tertiary/aromatic N) is 3. The molecule has 2 N–H and O–H groups in total. The highest BCUT2D eigenvalue weighted by atomic mass is 19.1. The van der Waals surface area contributed by atoms with Crippen molar-refractivity contribution in [3.63, 3.8) is 0 Å². The van der Waals surface area contributed by atoms with E-state index in [9.17, 15) is 23.9 Å². The number of fused-ring (bicyclic) bond motifs is 1. The van der Waals surface area contributed by atoms with Gasteiger partial charge in [-0.3, -0.25) is 19.3 Å². The lowest BCUT2D eigenvalue weighted by Gasteiger charge is -2.38. The third-order valence-corrected chi connectivity index (χ3v) is 7.25. The molecule has 0 aliphatic heterocycles. The van der Waals surface area contributed by atoms with Crippen molar-refractivity contribution in [3.8, 4) is 34.3 Å². The van der Waals surface area contributed by atoms with Gasteiger partial charge in [0.05, 0.1) is 31.8 Å². The number of nitrogens with one attached hydrogen (secondary N) is 1. The zero-order valence-corrected chi connectivity index (χ0v) is 22.3. The molecule has 4 aromatic rings. The van der Waals surface area contributed by atoms with E-state index in [0.717, 1.165) is 0 Å². The summed E-state index contributed by atoms with van der Waals surface area (Å²) in [6.45, 7) is 0. The van der Waals surface area contributed by atoms with Crippen LogP contribution in [0.3, 0.4) is 0 Å². The number of aldehydes is 1. The predicted octanol–water partition coefficient (Wildman–Crippen LogP) is 4.30. The summed E-state index contributed by atoms with van der Waals surface area (Å²) in [6.07, 6.45) is 4.53. The van der Waals surface area contributed by atoms with Crippen LogP contribution in [0.5, 0.6) is 23.0 Å². The molecular formula is C29H27FN4O7. The summed E-state index contributed by atoms with van der Waals surface area (Å²) in [5.74, 6) is -1.90. The van der Waals surface area contributed by atoms with Gasteiger partial charge in [0.25, 0.3) is 5.91 Å². The standard InChI is InChI=1S/C29H27FN4O7/c1-39-21-6-3-7-22(25(21)30)41-19-10-8-17(9-11-19)26-20-14-31-15-23(40-2)27(20)34(33-26)18-5-4-12-29(13-18,28(37)38)32-24(36)16-35/h3,6-11,14-16,18H,4-5,12-13H2,1-2H3,(H,32,36)(H,37,38). The van der Waals surface area contributed by atoms with Gasteiger partial charge < -0.3 is 24.6 Å². The summed E-state index contributed by atoms with van der Waals surface area (Å²) in [4.78, 5) is 39.5. The van der Waals surface area contributed by atoms with Crippen molar-refractivity contribution in [2.24, 2.45) is 0 Å². The van der Waals surface area contributed by atoms with Gasteiger partial charge in [0.15, 0.2) is 17.2 Å². The first kappa shape index (κ1) is 27.6. The Morgan fingerprint density at radius 3 is 2.51 bits per heavy atom. The van der Waals surface area contributed by atoms with Gasteiger partial charge in [-0.15, -0.1) is 0 Å². The lowest BCUT2D eigenvalue weighted by molar-refractivity contribution is -0.150. The number of hydrogen-bond donors (Lipinski definition) is 2. The molecule has 1 aliphatic carbocycles. The SMILES string of the molecule is COc1cccc(Oc2ccc(-c3nn(C4CCCC(NC(=O)C=O)(C(=O)O)C4)c4c(OC)cncc34)cc2)c1F. The molecule has 1 aliphatic rings. The fourth-order valence-corrected chi connectivity index (χ4v) is 5.30. The van der Waals surface area contributed by atoms with Crippen LogP contribution in [-0.4, -0.2) is 57.8 Å². The van der Waals surface area contributed by atoms with Crippen LogP contribution in [-0.2, 0) is 14.4 Å². The zero-order valence-electron chi connectivity index (χ0n) is 22.3. The normalized spacial score (nSPS) is 18.5. The van der Waals surface area contributed by atoms with E-state index in [2.05, 4.69) is 10.3 Å². The van der Waals surface area contributed by atoms with E-state index < -0.39 is 29.3 Å². The Labute approximate surface area is 233 Å². The number of hydrogen-bond acceptors (Lipinski definition) is 8. The second kappa shape index (κ2) is 11.2. The largest absolute Gasteiger partial charge is 0.494 e. The lowest BCUT2D eigenvalue weighted by Crippen LogP contribution is -2.57. The van der Waals surface area contributed by atoms with E-state index in [1.807, 2.05) is 0 Å². The summed E-state index contributed by atoms with van der Waals surface area (Å²) in [7, 11) is 2.88. The zero-order chi connectivity index (χ0) is 29.1. The molecule has 2 aromatic heterocycles. The van der Waals surface area contributed by atoms with Gasteiger partial charge in [-0.05, 0) is 55.7 Å². The quantitative estimate of drug-likeness (QED) is 0.226. The van der Waals surface area contributed by atoms with Crippen molar-refractivity contribution in [1.82, 2.24) is 20.1 Å². The van der Waals surface area contributed by atoms with Crippen molar-refractivity contribution >= 4 is 29.1 Å². The van der Waals surface area contributed by atoms with E-state index in [4.69, 9.17) is 19.3 Å². The van der Waals surface area contributed by atoms with Crippen LogP contribution in [0, 0.1) is 5.82 Å². The molecule has 0 spiro atoms.